The van der Waals surface area contributed by atoms with Crippen LogP contribution in [0, 0.1) is 17.8 Å². The molecule has 0 amide bonds. The van der Waals surface area contributed by atoms with Crippen LogP contribution in [0.25, 0.3) is 28.0 Å². The topological polar surface area (TPSA) is 100 Å². The second-order valence-electron chi connectivity index (χ2n) is 8.95. The molecule has 7 nitrogen and oxygen atoms in total. The van der Waals surface area contributed by atoms with Gasteiger partial charge in [-0.05, 0) is 54.0 Å². The Morgan fingerprint density at radius 2 is 2.03 bits per heavy atom. The van der Waals surface area contributed by atoms with Crippen molar-refractivity contribution >= 4 is 40.0 Å². The van der Waals surface area contributed by atoms with Crippen LogP contribution < -0.4 is 11.1 Å². The van der Waals surface area contributed by atoms with Crippen molar-refractivity contribution in [2.75, 3.05) is 31.8 Å². The van der Waals surface area contributed by atoms with E-state index >= 15 is 0 Å². The third kappa shape index (κ3) is 4.02. The standard InChI is InChI=1S/C24H30ClN5O2/c1-12-13(2)18(9-17(12)11-31)27-23-21(22(25)28-24(26)29-23)20-10-16-8-15(14(3)30(4)5)6-7-19(16)32-20/h6-8,10,12-13,17-18,31H,3,9,11H2,1-2,4-5H3,(H3,26,27,28,29)/t12-,13+,17+,18+/m0/s1. The van der Waals surface area contributed by atoms with Gasteiger partial charge in [-0.25, -0.2) is 4.98 Å². The molecule has 1 saturated carbocycles. The third-order valence-corrected chi connectivity index (χ3v) is 7.11. The van der Waals surface area contributed by atoms with Crippen molar-refractivity contribution in [2.24, 2.45) is 17.8 Å². The number of fused-ring (bicyclic) bond motifs is 1. The fraction of sp³-hybridized carbons (Fsp3) is 0.417. The summed E-state index contributed by atoms with van der Waals surface area (Å²) in [6.07, 6.45) is 0.843. The molecular formula is C24H30ClN5O2. The monoisotopic (exact) mass is 455 g/mol. The number of benzene rings is 1. The van der Waals surface area contributed by atoms with Crippen molar-refractivity contribution in [3.05, 3.63) is 41.6 Å². The first-order chi connectivity index (χ1) is 15.2. The molecule has 2 aromatic heterocycles. The van der Waals surface area contributed by atoms with Crippen molar-refractivity contribution in [3.63, 3.8) is 0 Å². The lowest BCUT2D eigenvalue weighted by atomic mass is 9.92. The average Bonchev–Trinajstić information content (AvgIpc) is 3.27. The zero-order chi connectivity index (χ0) is 23.2. The van der Waals surface area contributed by atoms with Gasteiger partial charge < -0.3 is 25.5 Å². The summed E-state index contributed by atoms with van der Waals surface area (Å²) >= 11 is 6.53. The summed E-state index contributed by atoms with van der Waals surface area (Å²) in [7, 11) is 3.92. The number of rotatable bonds is 6. The van der Waals surface area contributed by atoms with Crippen LogP contribution in [0.1, 0.15) is 25.8 Å². The van der Waals surface area contributed by atoms with Gasteiger partial charge in [-0.2, -0.15) is 4.98 Å². The first-order valence-electron chi connectivity index (χ1n) is 10.8. The summed E-state index contributed by atoms with van der Waals surface area (Å²) in [4.78, 5) is 10.6. The molecular weight excluding hydrogens is 426 g/mol. The van der Waals surface area contributed by atoms with Crippen molar-refractivity contribution in [1.82, 2.24) is 14.9 Å². The van der Waals surface area contributed by atoms with Crippen molar-refractivity contribution in [3.8, 4) is 11.3 Å². The van der Waals surface area contributed by atoms with Crippen molar-refractivity contribution < 1.29 is 9.52 Å². The fourth-order valence-electron chi connectivity index (χ4n) is 4.53. The molecule has 0 saturated heterocycles. The number of aliphatic hydroxyl groups excluding tert-OH is 1. The Bertz CT molecular complexity index is 1160. The SMILES string of the molecule is C=C(c1ccc2oc(-c3c(Cl)nc(N)nc3N[C@@H]3C[C@H](CO)[C@@H](C)[C@H]3C)cc2c1)N(C)C. The van der Waals surface area contributed by atoms with Crippen LogP contribution in [0.4, 0.5) is 11.8 Å². The van der Waals surface area contributed by atoms with Crippen LogP contribution in [0.2, 0.25) is 5.15 Å². The molecule has 170 valence electrons. The van der Waals surface area contributed by atoms with Gasteiger partial charge in [0.1, 0.15) is 22.3 Å². The summed E-state index contributed by atoms with van der Waals surface area (Å²) in [5.41, 5.74) is 9.16. The van der Waals surface area contributed by atoms with Gasteiger partial charge in [0.25, 0.3) is 0 Å². The molecule has 3 aromatic rings. The number of aromatic nitrogens is 2. The highest BCUT2D eigenvalue weighted by Gasteiger charge is 2.38. The quantitative estimate of drug-likeness (QED) is 0.462. The van der Waals surface area contributed by atoms with Crippen LogP contribution in [0.5, 0.6) is 0 Å². The molecule has 1 fully saturated rings. The molecule has 1 aliphatic carbocycles. The van der Waals surface area contributed by atoms with Gasteiger partial charge in [-0.3, -0.25) is 0 Å². The number of nitrogens with two attached hydrogens (primary N) is 1. The van der Waals surface area contributed by atoms with Gasteiger partial charge in [-0.15, -0.1) is 0 Å². The van der Waals surface area contributed by atoms with Crippen LogP contribution in [0.15, 0.2) is 35.3 Å². The maximum absolute atomic E-state index is 9.72. The maximum atomic E-state index is 9.72. The molecule has 1 aliphatic rings. The Labute approximate surface area is 193 Å². The van der Waals surface area contributed by atoms with E-state index in [4.69, 9.17) is 21.8 Å². The molecule has 0 unspecified atom stereocenters. The zero-order valence-electron chi connectivity index (χ0n) is 18.9. The lowest BCUT2D eigenvalue weighted by Crippen LogP contribution is -2.25. The summed E-state index contributed by atoms with van der Waals surface area (Å²) < 4.78 is 6.14. The van der Waals surface area contributed by atoms with Gasteiger partial charge in [0.2, 0.25) is 5.95 Å². The molecule has 1 aromatic carbocycles. The highest BCUT2D eigenvalue weighted by atomic mass is 35.5. The lowest BCUT2D eigenvalue weighted by Gasteiger charge is -2.21. The Kier molecular flexibility index (Phi) is 6.05. The van der Waals surface area contributed by atoms with E-state index < -0.39 is 0 Å². The molecule has 4 N–H and O–H groups in total. The Balaban J connectivity index is 1.74. The third-order valence-electron chi connectivity index (χ3n) is 6.84. The van der Waals surface area contributed by atoms with E-state index in [2.05, 4.69) is 35.7 Å². The predicted molar refractivity (Wildman–Crippen MR) is 130 cm³/mol. The number of nitrogen functional groups attached to an aromatic ring is 1. The van der Waals surface area contributed by atoms with E-state index in [9.17, 15) is 5.11 Å². The first kappa shape index (κ1) is 22.4. The van der Waals surface area contributed by atoms with E-state index in [0.717, 1.165) is 28.7 Å². The molecule has 2 heterocycles. The second kappa shape index (κ2) is 8.64. The number of hydrogen-bond donors (Lipinski definition) is 3. The predicted octanol–water partition coefficient (Wildman–Crippen LogP) is 4.72. The Hall–Kier alpha value is -2.77. The van der Waals surface area contributed by atoms with Crippen molar-refractivity contribution in [2.45, 2.75) is 26.3 Å². The van der Waals surface area contributed by atoms with E-state index in [0.29, 0.717) is 29.0 Å². The number of anilines is 2. The average molecular weight is 456 g/mol. The molecule has 4 atom stereocenters. The normalized spacial score (nSPS) is 22.9. The summed E-state index contributed by atoms with van der Waals surface area (Å²) in [6, 6.07) is 8.01. The van der Waals surface area contributed by atoms with Crippen LogP contribution >= 0.6 is 11.6 Å². The number of furan rings is 1. The largest absolute Gasteiger partial charge is 0.456 e. The second-order valence-corrected chi connectivity index (χ2v) is 9.31. The minimum absolute atomic E-state index is 0.0966. The van der Waals surface area contributed by atoms with E-state index in [-0.39, 0.29) is 29.7 Å². The first-order valence-corrected chi connectivity index (χ1v) is 11.2. The molecule has 0 bridgehead atoms. The van der Waals surface area contributed by atoms with E-state index in [1.807, 2.05) is 43.3 Å². The van der Waals surface area contributed by atoms with Crippen LogP contribution in [-0.2, 0) is 0 Å². The summed E-state index contributed by atoms with van der Waals surface area (Å²) in [6.45, 7) is 8.66. The number of aliphatic hydroxyl groups is 1. The smallest absolute Gasteiger partial charge is 0.223 e. The summed E-state index contributed by atoms with van der Waals surface area (Å²) in [5, 5.41) is 14.4. The molecule has 0 radical (unpaired) electrons. The Morgan fingerprint density at radius 3 is 2.69 bits per heavy atom. The summed E-state index contributed by atoms with van der Waals surface area (Å²) in [5.74, 6) is 2.20. The molecule has 0 spiro atoms. The molecule has 4 rings (SSSR count). The minimum atomic E-state index is 0.0966. The fourth-order valence-corrected chi connectivity index (χ4v) is 4.80. The molecule has 32 heavy (non-hydrogen) atoms. The number of hydrogen-bond acceptors (Lipinski definition) is 7. The van der Waals surface area contributed by atoms with Crippen LogP contribution in [-0.4, -0.2) is 46.7 Å². The molecule has 0 aliphatic heterocycles. The van der Waals surface area contributed by atoms with Gasteiger partial charge in [-0.1, -0.05) is 32.0 Å². The van der Waals surface area contributed by atoms with Gasteiger partial charge in [0, 0.05) is 37.8 Å². The maximum Gasteiger partial charge on any atom is 0.223 e. The number of nitrogens with zero attached hydrogens (tertiary/aromatic N) is 3. The molecule has 8 heteroatoms. The Morgan fingerprint density at radius 1 is 1.28 bits per heavy atom. The van der Waals surface area contributed by atoms with Crippen LogP contribution in [0.3, 0.4) is 0 Å². The van der Waals surface area contributed by atoms with Gasteiger partial charge >= 0.3 is 0 Å². The van der Waals surface area contributed by atoms with Gasteiger partial charge in [0.05, 0.1) is 5.56 Å². The minimum Gasteiger partial charge on any atom is -0.456 e. The van der Waals surface area contributed by atoms with E-state index in [1.165, 1.54) is 0 Å². The highest BCUT2D eigenvalue weighted by Crippen LogP contribution is 2.41. The number of nitrogens with one attached hydrogen (secondary N) is 1. The van der Waals surface area contributed by atoms with Gasteiger partial charge in [0.15, 0.2) is 0 Å². The lowest BCUT2D eigenvalue weighted by molar-refractivity contribution is 0.191. The number of halogens is 1. The van der Waals surface area contributed by atoms with E-state index in [1.54, 1.807) is 0 Å². The van der Waals surface area contributed by atoms with Crippen molar-refractivity contribution in [1.29, 1.82) is 0 Å². The zero-order valence-corrected chi connectivity index (χ0v) is 19.6. The highest BCUT2D eigenvalue weighted by molar-refractivity contribution is 6.32.